The van der Waals surface area contributed by atoms with E-state index in [-0.39, 0.29) is 5.28 Å². The SMILES string of the molecule is C[C@@H]1COCCN1c1nc(Cl)nc2c[c]sc12. The zero-order chi connectivity index (χ0) is 11.8. The van der Waals surface area contributed by atoms with Crippen LogP contribution in [0, 0.1) is 5.38 Å². The summed E-state index contributed by atoms with van der Waals surface area (Å²) in [4.78, 5) is 10.8. The average molecular weight is 269 g/mol. The van der Waals surface area contributed by atoms with Crippen LogP contribution in [0.4, 0.5) is 5.82 Å². The molecule has 3 heterocycles. The van der Waals surface area contributed by atoms with E-state index in [0.29, 0.717) is 6.04 Å². The van der Waals surface area contributed by atoms with E-state index >= 15 is 0 Å². The summed E-state index contributed by atoms with van der Waals surface area (Å²) < 4.78 is 6.48. The number of aromatic nitrogens is 2. The molecular weight excluding hydrogens is 258 g/mol. The molecule has 0 saturated carbocycles. The maximum Gasteiger partial charge on any atom is 0.224 e. The first-order valence-electron chi connectivity index (χ1n) is 5.43. The molecule has 0 N–H and O–H groups in total. The van der Waals surface area contributed by atoms with E-state index in [0.717, 1.165) is 35.8 Å². The Hall–Kier alpha value is -0.910. The monoisotopic (exact) mass is 268 g/mol. The predicted octanol–water partition coefficient (Wildman–Crippen LogP) is 2.37. The molecule has 0 aromatic carbocycles. The molecule has 1 fully saturated rings. The largest absolute Gasteiger partial charge is 0.377 e. The van der Waals surface area contributed by atoms with Crippen molar-refractivity contribution >= 4 is 39.0 Å². The molecule has 1 aliphatic heterocycles. The number of ether oxygens (including phenoxy) is 1. The van der Waals surface area contributed by atoms with Gasteiger partial charge in [0.25, 0.3) is 0 Å². The summed E-state index contributed by atoms with van der Waals surface area (Å²) in [6, 6.07) is 2.15. The van der Waals surface area contributed by atoms with Gasteiger partial charge >= 0.3 is 0 Å². The van der Waals surface area contributed by atoms with Crippen molar-refractivity contribution in [2.24, 2.45) is 0 Å². The van der Waals surface area contributed by atoms with Gasteiger partial charge in [0.2, 0.25) is 5.28 Å². The van der Waals surface area contributed by atoms with Crippen LogP contribution < -0.4 is 4.90 Å². The third-order valence-electron chi connectivity index (χ3n) is 2.84. The van der Waals surface area contributed by atoms with Gasteiger partial charge in [-0.1, -0.05) is 0 Å². The fourth-order valence-electron chi connectivity index (χ4n) is 2.00. The number of fused-ring (bicyclic) bond motifs is 1. The number of hydrogen-bond donors (Lipinski definition) is 0. The highest BCUT2D eigenvalue weighted by Crippen LogP contribution is 2.31. The number of halogens is 1. The minimum absolute atomic E-state index is 0.290. The summed E-state index contributed by atoms with van der Waals surface area (Å²) >= 11 is 7.49. The molecule has 0 unspecified atom stereocenters. The Bertz CT molecular complexity index is 544. The highest BCUT2D eigenvalue weighted by molar-refractivity contribution is 7.17. The number of anilines is 1. The van der Waals surface area contributed by atoms with Crippen LogP contribution in [-0.2, 0) is 4.74 Å². The molecule has 6 heteroatoms. The molecule has 3 rings (SSSR count). The first kappa shape index (κ1) is 11.2. The molecule has 0 spiro atoms. The van der Waals surface area contributed by atoms with E-state index in [9.17, 15) is 0 Å². The van der Waals surface area contributed by atoms with E-state index in [1.807, 2.05) is 6.07 Å². The summed E-state index contributed by atoms with van der Waals surface area (Å²) in [6.45, 7) is 4.40. The van der Waals surface area contributed by atoms with Crippen molar-refractivity contribution in [3.8, 4) is 0 Å². The second kappa shape index (κ2) is 4.40. The lowest BCUT2D eigenvalue weighted by Gasteiger charge is -2.34. The van der Waals surface area contributed by atoms with Gasteiger partial charge in [0.15, 0.2) is 5.82 Å². The highest BCUT2D eigenvalue weighted by atomic mass is 35.5. The average Bonchev–Trinajstić information content (AvgIpc) is 2.76. The predicted molar refractivity (Wildman–Crippen MR) is 68.9 cm³/mol. The van der Waals surface area contributed by atoms with Crippen LogP contribution in [-0.4, -0.2) is 35.8 Å². The minimum Gasteiger partial charge on any atom is -0.377 e. The molecule has 1 aliphatic rings. The number of rotatable bonds is 1. The van der Waals surface area contributed by atoms with Gasteiger partial charge in [-0.15, -0.1) is 11.3 Å². The lowest BCUT2D eigenvalue weighted by Crippen LogP contribution is -2.44. The van der Waals surface area contributed by atoms with Gasteiger partial charge in [0.1, 0.15) is 0 Å². The summed E-state index contributed by atoms with van der Waals surface area (Å²) in [6.07, 6.45) is 0. The molecule has 2 aromatic rings. The number of morpholine rings is 1. The van der Waals surface area contributed by atoms with Crippen molar-refractivity contribution in [2.75, 3.05) is 24.7 Å². The topological polar surface area (TPSA) is 38.2 Å². The molecule has 1 radical (unpaired) electrons. The van der Waals surface area contributed by atoms with Gasteiger partial charge in [-0.2, -0.15) is 4.98 Å². The number of hydrogen-bond acceptors (Lipinski definition) is 5. The number of thiophene rings is 1. The molecule has 89 valence electrons. The van der Waals surface area contributed by atoms with Crippen molar-refractivity contribution in [3.63, 3.8) is 0 Å². The molecule has 1 saturated heterocycles. The number of nitrogens with zero attached hydrogens (tertiary/aromatic N) is 3. The van der Waals surface area contributed by atoms with Crippen molar-refractivity contribution in [1.29, 1.82) is 0 Å². The Morgan fingerprint density at radius 1 is 1.59 bits per heavy atom. The molecule has 0 aliphatic carbocycles. The fraction of sp³-hybridized carbons (Fsp3) is 0.455. The normalized spacial score (nSPS) is 21.1. The first-order chi connectivity index (χ1) is 8.25. The Morgan fingerprint density at radius 3 is 3.29 bits per heavy atom. The maximum atomic E-state index is 5.96. The smallest absolute Gasteiger partial charge is 0.224 e. The van der Waals surface area contributed by atoms with Crippen LogP contribution >= 0.6 is 22.9 Å². The van der Waals surface area contributed by atoms with Crippen LogP contribution in [0.15, 0.2) is 6.07 Å². The summed E-state index contributed by atoms with van der Waals surface area (Å²) in [7, 11) is 0. The standard InChI is InChI=1S/C11H11ClN3OS/c1-7-6-16-4-3-15(7)10-9-8(2-5-17-9)13-11(12)14-10/h2,7H,3-4,6H2,1H3/t7-/m1/s1. The van der Waals surface area contributed by atoms with E-state index in [1.165, 1.54) is 11.3 Å². The van der Waals surface area contributed by atoms with E-state index < -0.39 is 0 Å². The van der Waals surface area contributed by atoms with Gasteiger partial charge in [-0.25, -0.2) is 4.98 Å². The van der Waals surface area contributed by atoms with E-state index in [4.69, 9.17) is 16.3 Å². The highest BCUT2D eigenvalue weighted by Gasteiger charge is 2.23. The maximum absolute atomic E-state index is 5.96. The second-order valence-corrected chi connectivity index (χ2v) is 5.20. The molecule has 1 atom stereocenters. The molecule has 2 aromatic heterocycles. The quantitative estimate of drug-likeness (QED) is 0.745. The van der Waals surface area contributed by atoms with Crippen LogP contribution in [0.1, 0.15) is 6.92 Å². The van der Waals surface area contributed by atoms with Gasteiger partial charge in [-0.3, -0.25) is 0 Å². The Kier molecular flexibility index (Phi) is 2.90. The molecule has 0 bridgehead atoms. The van der Waals surface area contributed by atoms with E-state index in [1.54, 1.807) is 0 Å². The molecule has 17 heavy (non-hydrogen) atoms. The third-order valence-corrected chi connectivity index (χ3v) is 3.84. The Labute approximate surface area is 108 Å². The lowest BCUT2D eigenvalue weighted by atomic mass is 10.2. The lowest BCUT2D eigenvalue weighted by molar-refractivity contribution is 0.0987. The van der Waals surface area contributed by atoms with Crippen LogP contribution in [0.5, 0.6) is 0 Å². The van der Waals surface area contributed by atoms with Crippen molar-refractivity contribution in [1.82, 2.24) is 9.97 Å². The summed E-state index contributed by atoms with van der Waals surface area (Å²) in [5.41, 5.74) is 0.865. The van der Waals surface area contributed by atoms with Crippen LogP contribution in [0.2, 0.25) is 5.28 Å². The Morgan fingerprint density at radius 2 is 2.47 bits per heavy atom. The van der Waals surface area contributed by atoms with Crippen molar-refractivity contribution < 1.29 is 4.74 Å². The van der Waals surface area contributed by atoms with Gasteiger partial charge < -0.3 is 9.64 Å². The zero-order valence-corrected chi connectivity index (χ0v) is 10.9. The first-order valence-corrected chi connectivity index (χ1v) is 6.62. The summed E-state index contributed by atoms with van der Waals surface area (Å²) in [5.74, 6) is 0.905. The minimum atomic E-state index is 0.290. The summed E-state index contributed by atoms with van der Waals surface area (Å²) in [5, 5.41) is 3.37. The van der Waals surface area contributed by atoms with Gasteiger partial charge in [0.05, 0.1) is 29.5 Å². The molecule has 4 nitrogen and oxygen atoms in total. The zero-order valence-electron chi connectivity index (χ0n) is 9.31. The fourth-order valence-corrected chi connectivity index (χ4v) is 2.93. The molecular formula is C11H11ClN3OS. The van der Waals surface area contributed by atoms with Gasteiger partial charge in [0, 0.05) is 11.9 Å². The van der Waals surface area contributed by atoms with Crippen LogP contribution in [0.25, 0.3) is 10.2 Å². The Balaban J connectivity index is 2.11. The van der Waals surface area contributed by atoms with Crippen molar-refractivity contribution in [3.05, 3.63) is 16.7 Å². The van der Waals surface area contributed by atoms with Crippen LogP contribution in [0.3, 0.4) is 0 Å². The van der Waals surface area contributed by atoms with Gasteiger partial charge in [-0.05, 0) is 24.6 Å². The third kappa shape index (κ3) is 1.99. The molecule has 0 amide bonds. The second-order valence-electron chi connectivity index (χ2n) is 4.01. The van der Waals surface area contributed by atoms with E-state index in [2.05, 4.69) is 27.2 Å². The van der Waals surface area contributed by atoms with Crippen molar-refractivity contribution in [2.45, 2.75) is 13.0 Å².